The number of aromatic carboxylic acids is 1. The second-order valence-electron chi connectivity index (χ2n) is 2.59. The van der Waals surface area contributed by atoms with E-state index in [1.807, 2.05) is 5.38 Å². The van der Waals surface area contributed by atoms with Crippen LogP contribution in [-0.2, 0) is 0 Å². The van der Waals surface area contributed by atoms with Gasteiger partial charge < -0.3 is 5.11 Å². The van der Waals surface area contributed by atoms with Crippen LogP contribution in [0.4, 0.5) is 0 Å². The van der Waals surface area contributed by atoms with E-state index in [2.05, 4.69) is 9.97 Å². The molecule has 0 amide bonds. The molecular formula is C9H6N2O2S2. The van der Waals surface area contributed by atoms with Crippen molar-refractivity contribution in [2.24, 2.45) is 0 Å². The molecule has 0 radical (unpaired) electrons. The number of thiazole rings is 1. The van der Waals surface area contributed by atoms with Crippen molar-refractivity contribution in [2.75, 3.05) is 0 Å². The Bertz CT molecular complexity index is 453. The third-order valence-electron chi connectivity index (χ3n) is 1.58. The van der Waals surface area contributed by atoms with Crippen LogP contribution in [0.15, 0.2) is 39.3 Å². The van der Waals surface area contributed by atoms with Gasteiger partial charge in [0.1, 0.15) is 5.03 Å². The molecule has 2 aromatic rings. The first-order valence-corrected chi connectivity index (χ1v) is 5.72. The molecule has 2 aromatic heterocycles. The summed E-state index contributed by atoms with van der Waals surface area (Å²) in [5.74, 6) is -0.965. The van der Waals surface area contributed by atoms with Gasteiger partial charge in [-0.05, 0) is 23.9 Å². The standard InChI is InChI=1S/C9H6N2O2S2/c12-8(13)6-1-2-7(11-5-6)15-9-10-3-4-14-9/h1-5H,(H,12,13). The quantitative estimate of drug-likeness (QED) is 0.889. The lowest BCUT2D eigenvalue weighted by Gasteiger charge is -1.97. The van der Waals surface area contributed by atoms with E-state index >= 15 is 0 Å². The molecule has 6 heteroatoms. The van der Waals surface area contributed by atoms with E-state index in [0.29, 0.717) is 0 Å². The molecule has 0 atom stereocenters. The first-order chi connectivity index (χ1) is 7.25. The number of hydrogen-bond acceptors (Lipinski definition) is 5. The molecule has 1 N–H and O–H groups in total. The minimum Gasteiger partial charge on any atom is -0.478 e. The lowest BCUT2D eigenvalue weighted by molar-refractivity contribution is 0.0696. The zero-order chi connectivity index (χ0) is 10.7. The van der Waals surface area contributed by atoms with Crippen LogP contribution >= 0.6 is 23.1 Å². The number of aromatic nitrogens is 2. The van der Waals surface area contributed by atoms with Crippen LogP contribution in [0.25, 0.3) is 0 Å². The summed E-state index contributed by atoms with van der Waals surface area (Å²) in [6.07, 6.45) is 3.07. The fourth-order valence-electron chi connectivity index (χ4n) is 0.917. The maximum atomic E-state index is 10.6. The van der Waals surface area contributed by atoms with Crippen molar-refractivity contribution in [3.8, 4) is 0 Å². The average molecular weight is 238 g/mol. The number of carboxylic acid groups (broad SMARTS) is 1. The van der Waals surface area contributed by atoms with Gasteiger partial charge in [-0.15, -0.1) is 11.3 Å². The number of carboxylic acids is 1. The third-order valence-corrected chi connectivity index (χ3v) is 3.42. The lowest BCUT2D eigenvalue weighted by atomic mass is 10.3. The van der Waals surface area contributed by atoms with E-state index in [4.69, 9.17) is 5.11 Å². The molecule has 0 bridgehead atoms. The van der Waals surface area contributed by atoms with E-state index in [9.17, 15) is 4.79 Å². The fraction of sp³-hybridized carbons (Fsp3) is 0. The van der Waals surface area contributed by atoms with E-state index in [-0.39, 0.29) is 5.56 Å². The molecule has 0 unspecified atom stereocenters. The maximum Gasteiger partial charge on any atom is 0.337 e. The van der Waals surface area contributed by atoms with Crippen LogP contribution in [0.3, 0.4) is 0 Å². The predicted octanol–water partition coefficient (Wildman–Crippen LogP) is 2.39. The Kier molecular flexibility index (Phi) is 2.98. The SMILES string of the molecule is O=C(O)c1ccc(Sc2nccs2)nc1. The van der Waals surface area contributed by atoms with Gasteiger partial charge in [-0.2, -0.15) is 0 Å². The van der Waals surface area contributed by atoms with Gasteiger partial charge in [-0.3, -0.25) is 0 Å². The van der Waals surface area contributed by atoms with Crippen LogP contribution in [-0.4, -0.2) is 21.0 Å². The summed E-state index contributed by atoms with van der Waals surface area (Å²) >= 11 is 2.94. The molecule has 0 fully saturated rings. The van der Waals surface area contributed by atoms with Crippen LogP contribution < -0.4 is 0 Å². The van der Waals surface area contributed by atoms with Crippen LogP contribution in [0.5, 0.6) is 0 Å². The highest BCUT2D eigenvalue weighted by Gasteiger charge is 2.04. The molecule has 0 saturated carbocycles. The highest BCUT2D eigenvalue weighted by atomic mass is 32.2. The summed E-state index contributed by atoms with van der Waals surface area (Å²) in [5.41, 5.74) is 0.193. The topological polar surface area (TPSA) is 63.1 Å². The predicted molar refractivity (Wildman–Crippen MR) is 57.4 cm³/mol. The molecule has 15 heavy (non-hydrogen) atoms. The van der Waals surface area contributed by atoms with Crippen molar-refractivity contribution in [1.82, 2.24) is 9.97 Å². The van der Waals surface area contributed by atoms with Gasteiger partial charge in [0.25, 0.3) is 0 Å². The molecule has 0 spiro atoms. The van der Waals surface area contributed by atoms with E-state index in [1.54, 1.807) is 12.3 Å². The number of nitrogens with zero attached hydrogens (tertiary/aromatic N) is 2. The number of carbonyl (C=O) groups is 1. The Morgan fingerprint density at radius 1 is 1.40 bits per heavy atom. The second kappa shape index (κ2) is 4.41. The summed E-state index contributed by atoms with van der Waals surface area (Å²) in [6, 6.07) is 3.21. The largest absolute Gasteiger partial charge is 0.478 e. The van der Waals surface area contributed by atoms with Gasteiger partial charge >= 0.3 is 5.97 Å². The second-order valence-corrected chi connectivity index (χ2v) is 4.75. The van der Waals surface area contributed by atoms with Gasteiger partial charge in [0.2, 0.25) is 0 Å². The number of rotatable bonds is 3. The average Bonchev–Trinajstić information content (AvgIpc) is 2.71. The van der Waals surface area contributed by atoms with Crippen molar-refractivity contribution >= 4 is 29.1 Å². The van der Waals surface area contributed by atoms with Gasteiger partial charge in [0, 0.05) is 17.8 Å². The van der Waals surface area contributed by atoms with E-state index in [1.165, 1.54) is 35.4 Å². The minimum absolute atomic E-state index is 0.193. The van der Waals surface area contributed by atoms with Gasteiger partial charge in [0.05, 0.1) is 5.56 Å². The Morgan fingerprint density at radius 3 is 2.80 bits per heavy atom. The molecule has 2 heterocycles. The summed E-state index contributed by atoms with van der Waals surface area (Å²) < 4.78 is 0.894. The van der Waals surface area contributed by atoms with Crippen molar-refractivity contribution < 1.29 is 9.90 Å². The van der Waals surface area contributed by atoms with E-state index in [0.717, 1.165) is 9.37 Å². The molecule has 0 aliphatic heterocycles. The fourth-order valence-corrected chi connectivity index (χ4v) is 2.43. The monoisotopic (exact) mass is 238 g/mol. The molecule has 2 rings (SSSR count). The zero-order valence-electron chi connectivity index (χ0n) is 7.45. The molecule has 4 nitrogen and oxygen atoms in total. The summed E-state index contributed by atoms with van der Waals surface area (Å²) in [4.78, 5) is 18.7. The van der Waals surface area contributed by atoms with Crippen LogP contribution in [0.2, 0.25) is 0 Å². The van der Waals surface area contributed by atoms with Crippen molar-refractivity contribution in [2.45, 2.75) is 9.37 Å². The van der Waals surface area contributed by atoms with Crippen LogP contribution in [0, 0.1) is 0 Å². The smallest absolute Gasteiger partial charge is 0.337 e. The Labute approximate surface area is 94.0 Å². The number of hydrogen-bond donors (Lipinski definition) is 1. The summed E-state index contributed by atoms with van der Waals surface area (Å²) in [5, 5.41) is 11.3. The first-order valence-electron chi connectivity index (χ1n) is 4.02. The van der Waals surface area contributed by atoms with Crippen molar-refractivity contribution in [1.29, 1.82) is 0 Å². The maximum absolute atomic E-state index is 10.6. The Balaban J connectivity index is 2.14. The lowest BCUT2D eigenvalue weighted by Crippen LogP contribution is -1.96. The zero-order valence-corrected chi connectivity index (χ0v) is 9.09. The molecule has 0 aromatic carbocycles. The molecule has 0 aliphatic rings. The Hall–Kier alpha value is -1.40. The van der Waals surface area contributed by atoms with Crippen molar-refractivity contribution in [3.05, 3.63) is 35.5 Å². The molecule has 0 aliphatic carbocycles. The third kappa shape index (κ3) is 2.54. The highest BCUT2D eigenvalue weighted by Crippen LogP contribution is 2.27. The van der Waals surface area contributed by atoms with Crippen LogP contribution in [0.1, 0.15) is 10.4 Å². The summed E-state index contributed by atoms with van der Waals surface area (Å²) in [6.45, 7) is 0. The van der Waals surface area contributed by atoms with Crippen molar-refractivity contribution in [3.63, 3.8) is 0 Å². The molecule has 76 valence electrons. The van der Waals surface area contributed by atoms with Gasteiger partial charge in [-0.25, -0.2) is 14.8 Å². The minimum atomic E-state index is -0.965. The molecular weight excluding hydrogens is 232 g/mol. The highest BCUT2D eigenvalue weighted by molar-refractivity contribution is 8.00. The molecule has 0 saturated heterocycles. The van der Waals surface area contributed by atoms with Gasteiger partial charge in [0.15, 0.2) is 4.34 Å². The van der Waals surface area contributed by atoms with Gasteiger partial charge in [-0.1, -0.05) is 0 Å². The number of pyridine rings is 1. The summed E-state index contributed by atoms with van der Waals surface area (Å²) in [7, 11) is 0. The first kappa shape index (κ1) is 10.1. The normalized spacial score (nSPS) is 10.1. The Morgan fingerprint density at radius 2 is 2.27 bits per heavy atom. The van der Waals surface area contributed by atoms with E-state index < -0.39 is 5.97 Å².